The SMILES string of the molecule is CC(C)OC(=O)Nc1cccc(C(O)Nc2c3ccccc3nc3c([N+](=O)[O-])cccc23)c1. The van der Waals surface area contributed by atoms with E-state index in [0.29, 0.717) is 33.2 Å². The zero-order valence-electron chi connectivity index (χ0n) is 18.0. The molecule has 1 atom stereocenters. The van der Waals surface area contributed by atoms with Gasteiger partial charge in [0.1, 0.15) is 0 Å². The summed E-state index contributed by atoms with van der Waals surface area (Å²) >= 11 is 0. The number of aliphatic hydroxyl groups excluding tert-OH is 1. The zero-order chi connectivity index (χ0) is 23.5. The number of carbonyl (C=O) groups excluding carboxylic acids is 1. The molecule has 1 amide bonds. The van der Waals surface area contributed by atoms with Crippen LogP contribution >= 0.6 is 0 Å². The Hall–Kier alpha value is -4.24. The van der Waals surface area contributed by atoms with E-state index in [1.54, 1.807) is 62.4 Å². The van der Waals surface area contributed by atoms with Gasteiger partial charge in [-0.05, 0) is 32.0 Å². The van der Waals surface area contributed by atoms with Gasteiger partial charge in [-0.1, -0.05) is 42.5 Å². The summed E-state index contributed by atoms with van der Waals surface area (Å²) in [5, 5.41) is 29.4. The molecule has 33 heavy (non-hydrogen) atoms. The van der Waals surface area contributed by atoms with Crippen molar-refractivity contribution in [2.45, 2.75) is 26.2 Å². The first-order valence-electron chi connectivity index (χ1n) is 10.3. The lowest BCUT2D eigenvalue weighted by molar-refractivity contribution is -0.383. The zero-order valence-corrected chi connectivity index (χ0v) is 18.0. The quantitative estimate of drug-likeness (QED) is 0.158. The van der Waals surface area contributed by atoms with Crippen molar-refractivity contribution in [2.75, 3.05) is 10.6 Å². The van der Waals surface area contributed by atoms with Gasteiger partial charge in [0.25, 0.3) is 5.69 Å². The van der Waals surface area contributed by atoms with Gasteiger partial charge in [-0.25, -0.2) is 9.78 Å². The largest absolute Gasteiger partial charge is 0.447 e. The number of pyridine rings is 1. The number of fused-ring (bicyclic) bond motifs is 2. The van der Waals surface area contributed by atoms with Gasteiger partial charge in [0.2, 0.25) is 0 Å². The molecule has 0 bridgehead atoms. The minimum absolute atomic E-state index is 0.120. The van der Waals surface area contributed by atoms with Gasteiger partial charge >= 0.3 is 6.09 Å². The van der Waals surface area contributed by atoms with Crippen LogP contribution in [0.3, 0.4) is 0 Å². The number of ether oxygens (including phenoxy) is 1. The number of nitrogens with zero attached hydrogens (tertiary/aromatic N) is 2. The average Bonchev–Trinajstić information content (AvgIpc) is 2.78. The van der Waals surface area contributed by atoms with Crippen LogP contribution in [0.5, 0.6) is 0 Å². The molecule has 1 heterocycles. The molecule has 9 heteroatoms. The van der Waals surface area contributed by atoms with Crippen LogP contribution < -0.4 is 10.6 Å². The third-order valence-electron chi connectivity index (χ3n) is 4.96. The van der Waals surface area contributed by atoms with Crippen molar-refractivity contribution in [3.8, 4) is 0 Å². The molecule has 0 aliphatic rings. The predicted octanol–water partition coefficient (Wildman–Crippen LogP) is 5.36. The number of aliphatic hydroxyl groups is 1. The second-order valence-corrected chi connectivity index (χ2v) is 7.69. The first-order valence-corrected chi connectivity index (χ1v) is 10.3. The lowest BCUT2D eigenvalue weighted by Gasteiger charge is -2.19. The molecule has 9 nitrogen and oxygen atoms in total. The highest BCUT2D eigenvalue weighted by atomic mass is 16.6. The Balaban J connectivity index is 1.73. The van der Waals surface area contributed by atoms with E-state index < -0.39 is 17.2 Å². The highest BCUT2D eigenvalue weighted by molar-refractivity contribution is 6.09. The van der Waals surface area contributed by atoms with Crippen LogP contribution in [-0.4, -0.2) is 27.2 Å². The van der Waals surface area contributed by atoms with E-state index in [4.69, 9.17) is 4.74 Å². The number of non-ortho nitro benzene ring substituents is 1. The Labute approximate surface area is 189 Å². The van der Waals surface area contributed by atoms with Crippen molar-refractivity contribution in [3.05, 3.63) is 82.4 Å². The van der Waals surface area contributed by atoms with Crippen LogP contribution in [0.4, 0.5) is 21.9 Å². The number of nitro groups is 1. The number of anilines is 2. The summed E-state index contributed by atoms with van der Waals surface area (Å²) in [6.07, 6.45) is -2.03. The number of rotatable bonds is 6. The van der Waals surface area contributed by atoms with Gasteiger partial charge in [-0.15, -0.1) is 0 Å². The first-order chi connectivity index (χ1) is 15.8. The summed E-state index contributed by atoms with van der Waals surface area (Å²) < 4.78 is 5.09. The number of benzene rings is 3. The number of para-hydroxylation sites is 2. The third kappa shape index (κ3) is 4.68. The highest BCUT2D eigenvalue weighted by Gasteiger charge is 2.19. The summed E-state index contributed by atoms with van der Waals surface area (Å²) in [5.74, 6) is 0. The highest BCUT2D eigenvalue weighted by Crippen LogP contribution is 2.36. The summed E-state index contributed by atoms with van der Waals surface area (Å²) in [6.45, 7) is 3.49. The second kappa shape index (κ2) is 9.09. The number of carbonyl (C=O) groups is 1. The monoisotopic (exact) mass is 446 g/mol. The van der Waals surface area contributed by atoms with E-state index in [-0.39, 0.29) is 17.3 Å². The fraction of sp³-hybridized carbons (Fsp3) is 0.167. The Morgan fingerprint density at radius 1 is 1.06 bits per heavy atom. The van der Waals surface area contributed by atoms with Crippen molar-refractivity contribution < 1.29 is 19.6 Å². The number of hydrogen-bond donors (Lipinski definition) is 3. The van der Waals surface area contributed by atoms with E-state index in [9.17, 15) is 20.0 Å². The topological polar surface area (TPSA) is 127 Å². The minimum Gasteiger partial charge on any atom is -0.447 e. The van der Waals surface area contributed by atoms with Crippen LogP contribution in [-0.2, 0) is 4.74 Å². The Bertz CT molecular complexity index is 1360. The number of nitrogens with one attached hydrogen (secondary N) is 2. The Kier molecular flexibility index (Phi) is 6.05. The van der Waals surface area contributed by atoms with Crippen molar-refractivity contribution in [2.24, 2.45) is 0 Å². The number of amides is 1. The van der Waals surface area contributed by atoms with E-state index in [0.717, 1.165) is 0 Å². The van der Waals surface area contributed by atoms with Crippen molar-refractivity contribution >= 4 is 45.0 Å². The summed E-state index contributed by atoms with van der Waals surface area (Å²) in [7, 11) is 0. The molecular formula is C24H22N4O5. The molecule has 1 unspecified atom stereocenters. The average molecular weight is 446 g/mol. The van der Waals surface area contributed by atoms with Gasteiger partial charge in [-0.2, -0.15) is 0 Å². The minimum atomic E-state index is -1.17. The molecule has 1 aromatic heterocycles. The normalized spacial score (nSPS) is 12.0. The molecule has 0 spiro atoms. The van der Waals surface area contributed by atoms with Crippen molar-refractivity contribution in [3.63, 3.8) is 0 Å². The van der Waals surface area contributed by atoms with Gasteiger partial charge in [-0.3, -0.25) is 15.4 Å². The Morgan fingerprint density at radius 2 is 1.79 bits per heavy atom. The van der Waals surface area contributed by atoms with Gasteiger partial charge in [0.15, 0.2) is 11.7 Å². The molecule has 0 saturated heterocycles. The Morgan fingerprint density at radius 3 is 2.55 bits per heavy atom. The molecule has 0 aliphatic heterocycles. The fourth-order valence-electron chi connectivity index (χ4n) is 3.57. The second-order valence-electron chi connectivity index (χ2n) is 7.69. The lowest BCUT2D eigenvalue weighted by atomic mass is 10.1. The van der Waals surface area contributed by atoms with Crippen LogP contribution in [0.25, 0.3) is 21.8 Å². The number of hydrogen-bond acceptors (Lipinski definition) is 7. The molecule has 0 aliphatic carbocycles. The molecule has 4 aromatic rings. The first kappa shape index (κ1) is 22.0. The van der Waals surface area contributed by atoms with Crippen LogP contribution in [0.15, 0.2) is 66.7 Å². The molecule has 4 rings (SSSR count). The fourth-order valence-corrected chi connectivity index (χ4v) is 3.57. The van der Waals surface area contributed by atoms with E-state index in [1.165, 1.54) is 6.07 Å². The van der Waals surface area contributed by atoms with E-state index in [2.05, 4.69) is 15.6 Å². The van der Waals surface area contributed by atoms with E-state index in [1.807, 2.05) is 12.1 Å². The standard InChI is InChI=1S/C24H22N4O5/c1-14(2)33-24(30)25-16-8-5-7-15(13-16)23(29)27-21-17-9-3-4-11-19(17)26-22-18(21)10-6-12-20(22)28(31)32/h3-14,23,29H,1-2H3,(H,25,30)(H,26,27). The maximum absolute atomic E-state index is 11.9. The van der Waals surface area contributed by atoms with Crippen LogP contribution in [0, 0.1) is 10.1 Å². The molecule has 0 fully saturated rings. The maximum Gasteiger partial charge on any atom is 0.411 e. The van der Waals surface area contributed by atoms with Crippen molar-refractivity contribution in [1.82, 2.24) is 4.98 Å². The maximum atomic E-state index is 11.9. The molecule has 0 saturated carbocycles. The van der Waals surface area contributed by atoms with Crippen molar-refractivity contribution in [1.29, 1.82) is 0 Å². The molecule has 0 radical (unpaired) electrons. The van der Waals surface area contributed by atoms with Crippen LogP contribution in [0.2, 0.25) is 0 Å². The van der Waals surface area contributed by atoms with Gasteiger partial charge in [0, 0.05) is 28.1 Å². The molecular weight excluding hydrogens is 424 g/mol. The summed E-state index contributed by atoms with van der Waals surface area (Å²) in [4.78, 5) is 27.5. The number of nitro benzene ring substituents is 1. The van der Waals surface area contributed by atoms with Gasteiger partial charge in [0.05, 0.1) is 22.2 Å². The predicted molar refractivity (Wildman–Crippen MR) is 126 cm³/mol. The summed E-state index contributed by atoms with van der Waals surface area (Å²) in [6, 6.07) is 18.6. The van der Waals surface area contributed by atoms with Gasteiger partial charge < -0.3 is 15.2 Å². The summed E-state index contributed by atoms with van der Waals surface area (Å²) in [5.41, 5.74) is 2.12. The van der Waals surface area contributed by atoms with Crippen LogP contribution in [0.1, 0.15) is 25.6 Å². The smallest absolute Gasteiger partial charge is 0.411 e. The number of aromatic nitrogens is 1. The lowest BCUT2D eigenvalue weighted by Crippen LogP contribution is -2.18. The molecule has 3 aromatic carbocycles. The molecule has 168 valence electrons. The third-order valence-corrected chi connectivity index (χ3v) is 4.96. The van der Waals surface area contributed by atoms with E-state index >= 15 is 0 Å². The molecule has 3 N–H and O–H groups in total.